The first-order chi connectivity index (χ1) is 6.60. The van der Waals surface area contributed by atoms with Gasteiger partial charge in [-0.3, -0.25) is 0 Å². The Kier molecular flexibility index (Phi) is 3.64. The third kappa shape index (κ3) is 2.55. The molecule has 0 aromatic heterocycles. The fraction of sp³-hybridized carbons (Fsp3) is 0.200. The maximum Gasteiger partial charge on any atom is 0.165 e. The van der Waals surface area contributed by atoms with Gasteiger partial charge in [0, 0.05) is 5.30 Å². The van der Waals surface area contributed by atoms with Crippen LogP contribution in [0.1, 0.15) is 12.5 Å². The lowest BCUT2D eigenvalue weighted by Gasteiger charge is -2.22. The molecule has 0 saturated carbocycles. The molecule has 0 saturated heterocycles. The minimum atomic E-state index is -3.86. The molecule has 0 aliphatic carbocycles. The van der Waals surface area contributed by atoms with Crippen molar-refractivity contribution in [3.63, 3.8) is 0 Å². The van der Waals surface area contributed by atoms with E-state index in [4.69, 9.17) is 0 Å². The largest absolute Gasteiger partial charge is 0.775 e. The number of hydrogen-bond donors (Lipinski definition) is 0. The molecule has 0 aliphatic rings. The van der Waals surface area contributed by atoms with Crippen LogP contribution in [0.5, 0.6) is 0 Å². The number of rotatable bonds is 4. The summed E-state index contributed by atoms with van der Waals surface area (Å²) in [5.41, 5.74) is 0.880. The normalized spacial score (nSPS) is 14.7. The van der Waals surface area contributed by atoms with Crippen LogP contribution >= 0.6 is 7.60 Å². The van der Waals surface area contributed by atoms with E-state index in [1.54, 1.807) is 25.1 Å². The smallest absolute Gasteiger partial charge is 0.165 e. The molecule has 1 atom stereocenters. The SMILES string of the molecule is C=Cc1ccc(P(=O)([O-])OCC)cc1. The van der Waals surface area contributed by atoms with Gasteiger partial charge in [-0.15, -0.1) is 0 Å². The van der Waals surface area contributed by atoms with E-state index in [1.807, 2.05) is 0 Å². The molecule has 0 amide bonds. The number of hydrogen-bond acceptors (Lipinski definition) is 3. The van der Waals surface area contributed by atoms with Crippen LogP contribution in [0.25, 0.3) is 6.08 Å². The summed E-state index contributed by atoms with van der Waals surface area (Å²) in [6.45, 7) is 5.38. The first-order valence-corrected chi connectivity index (χ1v) is 5.83. The highest BCUT2D eigenvalue weighted by molar-refractivity contribution is 7.59. The molecule has 1 aromatic carbocycles. The van der Waals surface area contributed by atoms with Gasteiger partial charge < -0.3 is 14.0 Å². The Balaban J connectivity index is 2.96. The van der Waals surface area contributed by atoms with E-state index in [9.17, 15) is 9.46 Å². The molecule has 0 N–H and O–H groups in total. The molecule has 0 bridgehead atoms. The summed E-state index contributed by atoms with van der Waals surface area (Å²) < 4.78 is 16.1. The van der Waals surface area contributed by atoms with Gasteiger partial charge in [-0.2, -0.15) is 0 Å². The zero-order chi connectivity index (χ0) is 10.6. The van der Waals surface area contributed by atoms with Crippen LogP contribution in [0.3, 0.4) is 0 Å². The van der Waals surface area contributed by atoms with Crippen LogP contribution < -0.4 is 10.2 Å². The minimum absolute atomic E-state index is 0.157. The molecule has 4 heteroatoms. The van der Waals surface area contributed by atoms with Crippen molar-refractivity contribution in [1.82, 2.24) is 0 Å². The third-order valence-corrected chi connectivity index (χ3v) is 3.27. The summed E-state index contributed by atoms with van der Waals surface area (Å²) in [6.07, 6.45) is 1.65. The van der Waals surface area contributed by atoms with Gasteiger partial charge in [0.25, 0.3) is 0 Å². The lowest BCUT2D eigenvalue weighted by Crippen LogP contribution is -2.17. The van der Waals surface area contributed by atoms with Gasteiger partial charge in [0.15, 0.2) is 7.60 Å². The van der Waals surface area contributed by atoms with Crippen molar-refractivity contribution in [2.24, 2.45) is 0 Å². The van der Waals surface area contributed by atoms with Gasteiger partial charge >= 0.3 is 0 Å². The Morgan fingerprint density at radius 1 is 1.50 bits per heavy atom. The monoisotopic (exact) mass is 211 g/mol. The van der Waals surface area contributed by atoms with Crippen molar-refractivity contribution in [1.29, 1.82) is 0 Å². The van der Waals surface area contributed by atoms with Gasteiger partial charge in [0.1, 0.15) is 0 Å². The van der Waals surface area contributed by atoms with Crippen LogP contribution in [0.4, 0.5) is 0 Å². The molecular formula is C10H12O3P-. The predicted molar refractivity (Wildman–Crippen MR) is 55.4 cm³/mol. The highest BCUT2D eigenvalue weighted by Crippen LogP contribution is 2.35. The Hall–Kier alpha value is -0.890. The molecule has 0 heterocycles. The summed E-state index contributed by atoms with van der Waals surface area (Å²) in [4.78, 5) is 11.4. The fourth-order valence-electron chi connectivity index (χ4n) is 1.04. The fourth-order valence-corrected chi connectivity index (χ4v) is 2.04. The van der Waals surface area contributed by atoms with E-state index in [2.05, 4.69) is 11.1 Å². The highest BCUT2D eigenvalue weighted by atomic mass is 31.2. The third-order valence-electron chi connectivity index (χ3n) is 1.74. The Labute approximate surface area is 83.6 Å². The zero-order valence-corrected chi connectivity index (χ0v) is 8.87. The molecular weight excluding hydrogens is 199 g/mol. The van der Waals surface area contributed by atoms with Crippen molar-refractivity contribution in [3.05, 3.63) is 36.4 Å². The minimum Gasteiger partial charge on any atom is -0.775 e. The number of benzene rings is 1. The quantitative estimate of drug-likeness (QED) is 0.710. The van der Waals surface area contributed by atoms with Gasteiger partial charge in [0.2, 0.25) is 0 Å². The molecule has 0 radical (unpaired) electrons. The molecule has 1 rings (SSSR count). The van der Waals surface area contributed by atoms with Crippen LogP contribution in [-0.2, 0) is 9.09 Å². The first kappa shape index (κ1) is 11.2. The van der Waals surface area contributed by atoms with Gasteiger partial charge in [-0.1, -0.05) is 24.8 Å². The second-order valence-corrected chi connectivity index (χ2v) is 4.48. The van der Waals surface area contributed by atoms with Crippen molar-refractivity contribution in [2.75, 3.05) is 6.61 Å². The summed E-state index contributed by atoms with van der Waals surface area (Å²) in [6, 6.07) is 6.40. The van der Waals surface area contributed by atoms with E-state index in [1.165, 1.54) is 12.1 Å². The maximum absolute atomic E-state index is 11.4. The van der Waals surface area contributed by atoms with E-state index < -0.39 is 7.60 Å². The molecule has 1 aromatic rings. The maximum atomic E-state index is 11.4. The average Bonchev–Trinajstić information content (AvgIpc) is 2.18. The van der Waals surface area contributed by atoms with Gasteiger partial charge in [-0.25, -0.2) is 0 Å². The van der Waals surface area contributed by atoms with E-state index in [-0.39, 0.29) is 11.9 Å². The summed E-state index contributed by atoms with van der Waals surface area (Å²) >= 11 is 0. The van der Waals surface area contributed by atoms with E-state index in [0.29, 0.717) is 0 Å². The van der Waals surface area contributed by atoms with Crippen LogP contribution in [0.2, 0.25) is 0 Å². The molecule has 76 valence electrons. The van der Waals surface area contributed by atoms with Gasteiger partial charge in [-0.05, 0) is 24.6 Å². The Bertz CT molecular complexity index is 356. The molecule has 0 fully saturated rings. The van der Waals surface area contributed by atoms with Crippen LogP contribution in [0.15, 0.2) is 30.8 Å². The zero-order valence-electron chi connectivity index (χ0n) is 7.97. The van der Waals surface area contributed by atoms with E-state index >= 15 is 0 Å². The van der Waals surface area contributed by atoms with Crippen LogP contribution in [0, 0.1) is 0 Å². The molecule has 1 unspecified atom stereocenters. The van der Waals surface area contributed by atoms with Crippen molar-refractivity contribution in [3.8, 4) is 0 Å². The van der Waals surface area contributed by atoms with Crippen molar-refractivity contribution in [2.45, 2.75) is 6.92 Å². The summed E-state index contributed by atoms with van der Waals surface area (Å²) in [5.74, 6) is 0. The van der Waals surface area contributed by atoms with Crippen molar-refractivity contribution >= 4 is 19.0 Å². The topological polar surface area (TPSA) is 49.4 Å². The molecule has 14 heavy (non-hydrogen) atoms. The van der Waals surface area contributed by atoms with Gasteiger partial charge in [0.05, 0.1) is 6.61 Å². The Morgan fingerprint density at radius 2 is 2.07 bits per heavy atom. The summed E-state index contributed by atoms with van der Waals surface area (Å²) in [5, 5.41) is 0.199. The standard InChI is InChI=1S/C10H13O3P/c1-3-9-5-7-10(8-6-9)14(11,12)13-4-2/h3,5-8H,1,4H2,2H3,(H,11,12)/p-1. The molecule has 0 spiro atoms. The van der Waals surface area contributed by atoms with Crippen LogP contribution in [-0.4, -0.2) is 6.61 Å². The Morgan fingerprint density at radius 3 is 2.50 bits per heavy atom. The van der Waals surface area contributed by atoms with E-state index in [0.717, 1.165) is 5.56 Å². The molecule has 3 nitrogen and oxygen atoms in total. The summed E-state index contributed by atoms with van der Waals surface area (Å²) in [7, 11) is -3.86. The first-order valence-electron chi connectivity index (χ1n) is 4.29. The highest BCUT2D eigenvalue weighted by Gasteiger charge is 2.09. The average molecular weight is 211 g/mol. The molecule has 0 aliphatic heterocycles. The second-order valence-electron chi connectivity index (χ2n) is 2.71. The predicted octanol–water partition coefficient (Wildman–Crippen LogP) is 1.54. The lowest BCUT2D eigenvalue weighted by molar-refractivity contribution is -0.193. The lowest BCUT2D eigenvalue weighted by atomic mass is 10.2. The van der Waals surface area contributed by atoms with Crippen molar-refractivity contribution < 1.29 is 14.0 Å². The second kappa shape index (κ2) is 4.56.